The maximum absolute atomic E-state index is 5.26. The average Bonchev–Trinajstić information content (AvgIpc) is 2.49. The van der Waals surface area contributed by atoms with Crippen molar-refractivity contribution in [2.24, 2.45) is 5.10 Å². The minimum Gasteiger partial charge on any atom is -0.493 e. The van der Waals surface area contributed by atoms with Crippen molar-refractivity contribution in [3.05, 3.63) is 36.4 Å². The van der Waals surface area contributed by atoms with Crippen molar-refractivity contribution in [3.63, 3.8) is 0 Å². The summed E-state index contributed by atoms with van der Waals surface area (Å²) in [6.07, 6.45) is 1.72. The molecule has 0 amide bonds. The number of nitrogens with one attached hydrogen (secondary N) is 2. The molecule has 0 heterocycles. The molecule has 5 nitrogen and oxygen atoms in total. The Balaban J connectivity index is 2.78. The second-order valence-corrected chi connectivity index (χ2v) is 4.29. The normalized spacial score (nSPS) is 10.7. The van der Waals surface area contributed by atoms with Gasteiger partial charge in [-0.3, -0.25) is 5.43 Å². The van der Waals surface area contributed by atoms with Crippen LogP contribution in [0.4, 0.5) is 0 Å². The quantitative estimate of drug-likeness (QED) is 0.364. The minimum absolute atomic E-state index is 0.449. The van der Waals surface area contributed by atoms with E-state index in [-0.39, 0.29) is 0 Å². The van der Waals surface area contributed by atoms with Crippen LogP contribution < -0.4 is 20.2 Å². The van der Waals surface area contributed by atoms with E-state index >= 15 is 0 Å². The smallest absolute Gasteiger partial charge is 0.187 e. The van der Waals surface area contributed by atoms with Gasteiger partial charge in [0.25, 0.3) is 0 Å². The van der Waals surface area contributed by atoms with Crippen LogP contribution in [0.3, 0.4) is 0 Å². The van der Waals surface area contributed by atoms with Gasteiger partial charge >= 0.3 is 0 Å². The van der Waals surface area contributed by atoms with Gasteiger partial charge in [-0.15, -0.1) is 6.58 Å². The van der Waals surface area contributed by atoms with E-state index < -0.39 is 0 Å². The average molecular weight is 293 g/mol. The molecular weight excluding hydrogens is 274 g/mol. The summed E-state index contributed by atoms with van der Waals surface area (Å²) in [5.74, 6) is 1.34. The van der Waals surface area contributed by atoms with Gasteiger partial charge in [0, 0.05) is 12.1 Å². The third-order valence-corrected chi connectivity index (χ3v) is 2.77. The van der Waals surface area contributed by atoms with Crippen molar-refractivity contribution < 1.29 is 9.47 Å². The lowest BCUT2D eigenvalue weighted by molar-refractivity contribution is 0.355. The Hall–Kier alpha value is -2.08. The van der Waals surface area contributed by atoms with Gasteiger partial charge in [0.1, 0.15) is 0 Å². The van der Waals surface area contributed by atoms with E-state index in [9.17, 15) is 0 Å². The zero-order chi connectivity index (χ0) is 15.0. The summed E-state index contributed by atoms with van der Waals surface area (Å²) in [5, 5.41) is 7.59. The minimum atomic E-state index is 0.449. The van der Waals surface area contributed by atoms with Crippen LogP contribution in [0, 0.1) is 0 Å². The number of hydrogen-bond donors (Lipinski definition) is 2. The summed E-state index contributed by atoms with van der Waals surface area (Å²) < 4.78 is 10.4. The standard InChI is InChI=1S/C14H19N3O2S/c1-5-8-15-14(20)17-16-10(2)11-6-7-12(18-3)13(9-11)19-4/h5-7,9H,1,8H2,2-4H3,(H2,15,17,20)/b16-10+. The number of thiocarbonyl (C=S) groups is 1. The van der Waals surface area contributed by atoms with E-state index in [1.807, 2.05) is 25.1 Å². The molecule has 6 heteroatoms. The van der Waals surface area contributed by atoms with Crippen LogP contribution in [0.15, 0.2) is 36.0 Å². The molecule has 2 N–H and O–H groups in total. The number of ether oxygens (including phenoxy) is 2. The predicted molar refractivity (Wildman–Crippen MR) is 85.7 cm³/mol. The maximum Gasteiger partial charge on any atom is 0.187 e. The van der Waals surface area contributed by atoms with Crippen LogP contribution >= 0.6 is 12.2 Å². The highest BCUT2D eigenvalue weighted by Crippen LogP contribution is 2.27. The van der Waals surface area contributed by atoms with Gasteiger partial charge in [-0.2, -0.15) is 5.10 Å². The lowest BCUT2D eigenvalue weighted by Gasteiger charge is -2.10. The molecule has 0 atom stereocenters. The summed E-state index contributed by atoms with van der Waals surface area (Å²) >= 11 is 5.05. The number of hydrogen-bond acceptors (Lipinski definition) is 4. The summed E-state index contributed by atoms with van der Waals surface area (Å²) in [6.45, 7) is 6.07. The Morgan fingerprint density at radius 2 is 2.05 bits per heavy atom. The van der Waals surface area contributed by atoms with Crippen molar-refractivity contribution in [1.29, 1.82) is 0 Å². The van der Waals surface area contributed by atoms with E-state index in [1.165, 1.54) is 0 Å². The molecule has 0 saturated heterocycles. The molecule has 0 radical (unpaired) electrons. The van der Waals surface area contributed by atoms with Gasteiger partial charge in [-0.25, -0.2) is 0 Å². The van der Waals surface area contributed by atoms with Crippen LogP contribution in [0.25, 0.3) is 0 Å². The van der Waals surface area contributed by atoms with Crippen molar-refractivity contribution in [2.45, 2.75) is 6.92 Å². The summed E-state index contributed by atoms with van der Waals surface area (Å²) in [7, 11) is 3.20. The number of nitrogens with zero attached hydrogens (tertiary/aromatic N) is 1. The molecule has 0 aliphatic carbocycles. The monoisotopic (exact) mass is 293 g/mol. The molecule has 0 bridgehead atoms. The lowest BCUT2D eigenvalue weighted by atomic mass is 10.1. The molecule has 0 aliphatic rings. The third kappa shape index (κ3) is 4.55. The first-order chi connectivity index (χ1) is 9.62. The van der Waals surface area contributed by atoms with Crippen molar-refractivity contribution >= 4 is 23.0 Å². The maximum atomic E-state index is 5.26. The SMILES string of the molecule is C=CCNC(=S)N/N=C(\C)c1ccc(OC)c(OC)c1. The Kier molecular flexibility index (Phi) is 6.52. The number of benzene rings is 1. The van der Waals surface area contributed by atoms with Gasteiger partial charge in [0.05, 0.1) is 19.9 Å². The summed E-state index contributed by atoms with van der Waals surface area (Å²) in [4.78, 5) is 0. The Morgan fingerprint density at radius 1 is 1.35 bits per heavy atom. The fourth-order valence-corrected chi connectivity index (χ4v) is 1.59. The molecule has 108 valence electrons. The molecule has 0 aromatic heterocycles. The van der Waals surface area contributed by atoms with E-state index in [4.69, 9.17) is 21.7 Å². The zero-order valence-corrected chi connectivity index (χ0v) is 12.7. The molecule has 1 aromatic rings. The van der Waals surface area contributed by atoms with E-state index in [0.717, 1.165) is 11.3 Å². The number of rotatable bonds is 6. The number of methoxy groups -OCH3 is 2. The van der Waals surface area contributed by atoms with Crippen LogP contribution in [-0.4, -0.2) is 31.6 Å². The molecule has 1 aromatic carbocycles. The van der Waals surface area contributed by atoms with Crippen LogP contribution in [0.5, 0.6) is 11.5 Å². The fraction of sp³-hybridized carbons (Fsp3) is 0.286. The van der Waals surface area contributed by atoms with Gasteiger partial charge in [0.15, 0.2) is 16.6 Å². The summed E-state index contributed by atoms with van der Waals surface area (Å²) in [6, 6.07) is 5.60. The Bertz CT molecular complexity index is 515. The zero-order valence-electron chi connectivity index (χ0n) is 11.9. The van der Waals surface area contributed by atoms with Crippen molar-refractivity contribution in [3.8, 4) is 11.5 Å². The fourth-order valence-electron chi connectivity index (χ4n) is 1.46. The third-order valence-electron chi connectivity index (χ3n) is 2.53. The molecule has 0 aliphatic heterocycles. The van der Waals surface area contributed by atoms with Gasteiger partial charge in [0.2, 0.25) is 0 Å². The van der Waals surface area contributed by atoms with Gasteiger partial charge in [-0.1, -0.05) is 6.08 Å². The Labute approximate surface area is 124 Å². The molecule has 1 rings (SSSR count). The van der Waals surface area contributed by atoms with Gasteiger partial charge < -0.3 is 14.8 Å². The predicted octanol–water partition coefficient (Wildman–Crippen LogP) is 2.08. The van der Waals surface area contributed by atoms with E-state index in [2.05, 4.69) is 22.4 Å². The van der Waals surface area contributed by atoms with Gasteiger partial charge in [-0.05, 0) is 37.3 Å². The highest BCUT2D eigenvalue weighted by Gasteiger charge is 2.06. The molecule has 0 fully saturated rings. The number of hydrazone groups is 1. The second kappa shape index (κ2) is 8.16. The molecular formula is C14H19N3O2S. The first kappa shape index (κ1) is 16.0. The molecule has 0 saturated carbocycles. The van der Waals surface area contributed by atoms with E-state index in [0.29, 0.717) is 23.2 Å². The first-order valence-electron chi connectivity index (χ1n) is 6.03. The first-order valence-corrected chi connectivity index (χ1v) is 6.44. The molecule has 0 spiro atoms. The topological polar surface area (TPSA) is 54.9 Å². The molecule has 0 unspecified atom stereocenters. The lowest BCUT2D eigenvalue weighted by Crippen LogP contribution is -2.32. The van der Waals surface area contributed by atoms with E-state index in [1.54, 1.807) is 20.3 Å². The Morgan fingerprint density at radius 3 is 2.65 bits per heavy atom. The second-order valence-electron chi connectivity index (χ2n) is 3.88. The largest absolute Gasteiger partial charge is 0.493 e. The summed E-state index contributed by atoms with van der Waals surface area (Å²) in [5.41, 5.74) is 4.47. The highest BCUT2D eigenvalue weighted by atomic mass is 32.1. The van der Waals surface area contributed by atoms with Crippen molar-refractivity contribution in [2.75, 3.05) is 20.8 Å². The van der Waals surface area contributed by atoms with Crippen molar-refractivity contribution in [1.82, 2.24) is 10.7 Å². The van der Waals surface area contributed by atoms with Crippen LogP contribution in [0.2, 0.25) is 0 Å². The highest BCUT2D eigenvalue weighted by molar-refractivity contribution is 7.80. The van der Waals surface area contributed by atoms with Crippen LogP contribution in [0.1, 0.15) is 12.5 Å². The van der Waals surface area contributed by atoms with Crippen LogP contribution in [-0.2, 0) is 0 Å². The molecule has 20 heavy (non-hydrogen) atoms.